The summed E-state index contributed by atoms with van der Waals surface area (Å²) in [6, 6.07) is 3.43. The number of rotatable bonds is 4. The van der Waals surface area contributed by atoms with Gasteiger partial charge < -0.3 is 14.6 Å². The number of halogens is 1. The maximum Gasteiger partial charge on any atom is 0.278 e. The maximum absolute atomic E-state index is 9.49. The zero-order chi connectivity index (χ0) is 16.6. The number of aromatic nitrogens is 5. The van der Waals surface area contributed by atoms with Crippen LogP contribution in [0.3, 0.4) is 0 Å². The van der Waals surface area contributed by atoms with Crippen LogP contribution in [0.4, 0.5) is 0 Å². The van der Waals surface area contributed by atoms with E-state index in [0.717, 1.165) is 0 Å². The Morgan fingerprint density at radius 1 is 1.13 bits per heavy atom. The molecule has 2 aromatic heterocycles. The molecule has 23 heavy (non-hydrogen) atoms. The lowest BCUT2D eigenvalue weighted by atomic mass is 10.2. The van der Waals surface area contributed by atoms with Gasteiger partial charge in [-0.1, -0.05) is 11.6 Å². The van der Waals surface area contributed by atoms with Crippen molar-refractivity contribution in [3.63, 3.8) is 0 Å². The summed E-state index contributed by atoms with van der Waals surface area (Å²) in [5.41, 5.74) is 1.59. The Morgan fingerprint density at radius 2 is 1.83 bits per heavy atom. The number of aliphatic hydroxyl groups excluding tert-OH is 1. The second-order valence-corrected chi connectivity index (χ2v) is 5.07. The Balaban J connectivity index is 2.40. The number of ether oxygens (including phenoxy) is 2. The van der Waals surface area contributed by atoms with Crippen LogP contribution in [-0.4, -0.2) is 44.1 Å². The molecule has 0 aliphatic carbocycles. The molecule has 0 radical (unpaired) electrons. The Kier molecular flexibility index (Phi) is 4.01. The molecule has 0 aliphatic rings. The standard InChI is InChI=1S/C14H14ClN5O3/c1-7-18-19-10(6-21)20(7)12-8(15)4-5-9-11(12)17-14(23-3)13(16-9)22-2/h4-5,21H,6H2,1-3H3. The van der Waals surface area contributed by atoms with E-state index in [1.807, 2.05) is 0 Å². The summed E-state index contributed by atoms with van der Waals surface area (Å²) in [6.07, 6.45) is 0. The van der Waals surface area contributed by atoms with Gasteiger partial charge in [-0.05, 0) is 19.1 Å². The van der Waals surface area contributed by atoms with Crippen LogP contribution in [0.1, 0.15) is 11.6 Å². The quantitative estimate of drug-likeness (QED) is 0.775. The highest BCUT2D eigenvalue weighted by Gasteiger charge is 2.20. The zero-order valence-electron chi connectivity index (χ0n) is 12.7. The predicted octanol–water partition coefficient (Wildman–Crippen LogP) is 1.68. The van der Waals surface area contributed by atoms with Gasteiger partial charge in [0.15, 0.2) is 5.82 Å². The van der Waals surface area contributed by atoms with E-state index in [1.54, 1.807) is 23.6 Å². The molecule has 3 rings (SSSR count). The molecule has 0 fully saturated rings. The minimum absolute atomic E-state index is 0.236. The Bertz CT molecular complexity index is 880. The molecule has 120 valence electrons. The second kappa shape index (κ2) is 5.98. The monoisotopic (exact) mass is 335 g/mol. The smallest absolute Gasteiger partial charge is 0.278 e. The summed E-state index contributed by atoms with van der Waals surface area (Å²) in [6.45, 7) is 1.48. The van der Waals surface area contributed by atoms with Gasteiger partial charge in [-0.2, -0.15) is 0 Å². The normalized spacial score (nSPS) is 11.0. The highest BCUT2D eigenvalue weighted by molar-refractivity contribution is 6.33. The molecule has 0 saturated heterocycles. The van der Waals surface area contributed by atoms with Gasteiger partial charge in [-0.15, -0.1) is 10.2 Å². The van der Waals surface area contributed by atoms with Gasteiger partial charge in [0.1, 0.15) is 17.9 Å². The summed E-state index contributed by atoms with van der Waals surface area (Å²) >= 11 is 6.37. The third-order valence-electron chi connectivity index (χ3n) is 3.34. The average molecular weight is 336 g/mol. The first kappa shape index (κ1) is 15.4. The van der Waals surface area contributed by atoms with Crippen LogP contribution in [0.5, 0.6) is 11.8 Å². The summed E-state index contributed by atoms with van der Waals surface area (Å²) in [4.78, 5) is 8.82. The van der Waals surface area contributed by atoms with Crippen molar-refractivity contribution in [3.05, 3.63) is 28.8 Å². The number of methoxy groups -OCH3 is 2. The zero-order valence-corrected chi connectivity index (χ0v) is 13.5. The second-order valence-electron chi connectivity index (χ2n) is 4.66. The number of benzene rings is 1. The molecular formula is C14H14ClN5O3. The molecule has 8 nitrogen and oxygen atoms in total. The first-order valence-corrected chi connectivity index (χ1v) is 7.08. The number of hydrogen-bond donors (Lipinski definition) is 1. The fourth-order valence-corrected chi connectivity index (χ4v) is 2.57. The lowest BCUT2D eigenvalue weighted by Gasteiger charge is -2.14. The van der Waals surface area contributed by atoms with Gasteiger partial charge in [0.2, 0.25) is 0 Å². The van der Waals surface area contributed by atoms with Crippen LogP contribution in [0.2, 0.25) is 5.02 Å². The molecule has 3 aromatic rings. The van der Waals surface area contributed by atoms with E-state index in [0.29, 0.717) is 33.4 Å². The summed E-state index contributed by atoms with van der Waals surface area (Å²) in [5, 5.41) is 17.8. The SMILES string of the molecule is COc1nc2ccc(Cl)c(-n3c(C)nnc3CO)c2nc1OC. The average Bonchev–Trinajstić information content (AvgIpc) is 2.94. The molecule has 2 heterocycles. The third kappa shape index (κ3) is 2.45. The molecule has 0 saturated carbocycles. The van der Waals surface area contributed by atoms with E-state index < -0.39 is 0 Å². The first-order chi connectivity index (χ1) is 11.1. The largest absolute Gasteiger partial charge is 0.477 e. The van der Waals surface area contributed by atoms with Crippen molar-refractivity contribution in [2.45, 2.75) is 13.5 Å². The van der Waals surface area contributed by atoms with Crippen LogP contribution in [0.15, 0.2) is 12.1 Å². The van der Waals surface area contributed by atoms with Gasteiger partial charge in [-0.3, -0.25) is 4.57 Å². The molecule has 0 unspecified atom stereocenters. The molecule has 1 N–H and O–H groups in total. The molecule has 9 heteroatoms. The van der Waals surface area contributed by atoms with Crippen LogP contribution in [0, 0.1) is 6.92 Å². The van der Waals surface area contributed by atoms with E-state index in [4.69, 9.17) is 21.1 Å². The maximum atomic E-state index is 9.49. The lowest BCUT2D eigenvalue weighted by molar-refractivity contribution is 0.269. The van der Waals surface area contributed by atoms with E-state index in [1.165, 1.54) is 14.2 Å². The van der Waals surface area contributed by atoms with E-state index in [9.17, 15) is 5.11 Å². The van der Waals surface area contributed by atoms with Crippen molar-refractivity contribution >= 4 is 22.6 Å². The van der Waals surface area contributed by atoms with Crippen LogP contribution in [0.25, 0.3) is 16.7 Å². The summed E-state index contributed by atoms with van der Waals surface area (Å²) in [7, 11) is 2.97. The fraction of sp³-hybridized carbons (Fsp3) is 0.286. The number of fused-ring (bicyclic) bond motifs is 1. The molecule has 0 bridgehead atoms. The van der Waals surface area contributed by atoms with Crippen molar-refractivity contribution < 1.29 is 14.6 Å². The molecule has 0 spiro atoms. The Labute approximate surface area is 136 Å². The number of aliphatic hydroxyl groups is 1. The van der Waals surface area contributed by atoms with Crippen LogP contribution < -0.4 is 9.47 Å². The lowest BCUT2D eigenvalue weighted by Crippen LogP contribution is -2.07. The van der Waals surface area contributed by atoms with Crippen LogP contribution >= 0.6 is 11.6 Å². The number of hydrogen-bond acceptors (Lipinski definition) is 7. The van der Waals surface area contributed by atoms with Crippen molar-refractivity contribution in [2.75, 3.05) is 14.2 Å². The highest BCUT2D eigenvalue weighted by atomic mass is 35.5. The number of nitrogens with zero attached hydrogens (tertiary/aromatic N) is 5. The molecular weight excluding hydrogens is 322 g/mol. The fourth-order valence-electron chi connectivity index (χ4n) is 2.33. The van der Waals surface area contributed by atoms with Gasteiger partial charge in [0, 0.05) is 0 Å². The van der Waals surface area contributed by atoms with Gasteiger partial charge in [-0.25, -0.2) is 9.97 Å². The Hall–Kier alpha value is -2.45. The van der Waals surface area contributed by atoms with Gasteiger partial charge in [0.25, 0.3) is 11.8 Å². The van der Waals surface area contributed by atoms with Crippen molar-refractivity contribution in [1.29, 1.82) is 0 Å². The molecule has 0 atom stereocenters. The van der Waals surface area contributed by atoms with E-state index >= 15 is 0 Å². The minimum Gasteiger partial charge on any atom is -0.477 e. The van der Waals surface area contributed by atoms with Crippen molar-refractivity contribution in [1.82, 2.24) is 24.7 Å². The highest BCUT2D eigenvalue weighted by Crippen LogP contribution is 2.33. The molecule has 0 amide bonds. The van der Waals surface area contributed by atoms with Gasteiger partial charge >= 0.3 is 0 Å². The van der Waals surface area contributed by atoms with Gasteiger partial charge in [0.05, 0.1) is 30.4 Å². The number of aryl methyl sites for hydroxylation is 1. The van der Waals surface area contributed by atoms with E-state index in [-0.39, 0.29) is 18.4 Å². The van der Waals surface area contributed by atoms with Crippen LogP contribution in [-0.2, 0) is 6.61 Å². The summed E-state index contributed by atoms with van der Waals surface area (Å²) < 4.78 is 12.0. The minimum atomic E-state index is -0.283. The van der Waals surface area contributed by atoms with Crippen molar-refractivity contribution in [2.24, 2.45) is 0 Å². The third-order valence-corrected chi connectivity index (χ3v) is 3.65. The topological polar surface area (TPSA) is 95.2 Å². The Morgan fingerprint density at radius 3 is 2.48 bits per heavy atom. The molecule has 0 aliphatic heterocycles. The summed E-state index contributed by atoms with van der Waals surface area (Å²) in [5.74, 6) is 1.43. The molecule has 1 aromatic carbocycles. The van der Waals surface area contributed by atoms with Crippen molar-refractivity contribution in [3.8, 4) is 17.4 Å². The van der Waals surface area contributed by atoms with E-state index in [2.05, 4.69) is 20.2 Å². The first-order valence-electron chi connectivity index (χ1n) is 6.71. The predicted molar refractivity (Wildman–Crippen MR) is 83.2 cm³/mol.